The number of allylic oxidation sites excluding steroid dienone is 1. The molecule has 0 spiro atoms. The van der Waals surface area contributed by atoms with Crippen LogP contribution in [-0.2, 0) is 6.18 Å². The van der Waals surface area contributed by atoms with Crippen LogP contribution in [0.25, 0.3) is 6.08 Å². The first-order chi connectivity index (χ1) is 7.05. The molecule has 82 valence electrons. The van der Waals surface area contributed by atoms with Gasteiger partial charge in [-0.1, -0.05) is 46.3 Å². The predicted molar refractivity (Wildman–Crippen MR) is 58.9 cm³/mol. The molecule has 0 heterocycles. The zero-order chi connectivity index (χ0) is 11.3. The molecular weight excluding hydrogens is 269 g/mol. The van der Waals surface area contributed by atoms with Crippen molar-refractivity contribution in [2.24, 2.45) is 0 Å². The third kappa shape index (κ3) is 3.70. The number of hydrogen-bond donors (Lipinski definition) is 0. The molecule has 0 N–H and O–H groups in total. The highest BCUT2D eigenvalue weighted by molar-refractivity contribution is 9.09. The molecule has 15 heavy (non-hydrogen) atoms. The molecule has 0 aliphatic carbocycles. The Morgan fingerprint density at radius 1 is 1.20 bits per heavy atom. The molecule has 0 atom stereocenters. The average molecular weight is 279 g/mol. The van der Waals surface area contributed by atoms with Crippen LogP contribution in [0.5, 0.6) is 0 Å². The summed E-state index contributed by atoms with van der Waals surface area (Å²) in [7, 11) is 0. The number of halogens is 4. The van der Waals surface area contributed by atoms with Gasteiger partial charge in [0.1, 0.15) is 0 Å². The van der Waals surface area contributed by atoms with E-state index in [1.54, 1.807) is 12.1 Å². The lowest BCUT2D eigenvalue weighted by Crippen LogP contribution is -2.06. The maximum Gasteiger partial charge on any atom is 0.416 e. The highest BCUT2D eigenvalue weighted by Crippen LogP contribution is 2.32. The molecule has 1 aromatic rings. The molecule has 0 bridgehead atoms. The molecule has 0 aliphatic heterocycles. The number of benzene rings is 1. The van der Waals surface area contributed by atoms with Crippen LogP contribution in [-0.4, -0.2) is 5.33 Å². The van der Waals surface area contributed by atoms with Gasteiger partial charge < -0.3 is 0 Å². The summed E-state index contributed by atoms with van der Waals surface area (Å²) < 4.78 is 37.5. The summed E-state index contributed by atoms with van der Waals surface area (Å²) in [5, 5.41) is 0.748. The van der Waals surface area contributed by atoms with Crippen LogP contribution in [0.3, 0.4) is 0 Å². The number of alkyl halides is 4. The topological polar surface area (TPSA) is 0 Å². The Bertz CT molecular complexity index is 342. The minimum Gasteiger partial charge on any atom is -0.166 e. The van der Waals surface area contributed by atoms with E-state index in [1.807, 2.05) is 0 Å². The van der Waals surface area contributed by atoms with Crippen molar-refractivity contribution in [3.63, 3.8) is 0 Å². The van der Waals surface area contributed by atoms with Crippen LogP contribution in [0.4, 0.5) is 13.2 Å². The monoisotopic (exact) mass is 278 g/mol. The maximum atomic E-state index is 12.5. The fourth-order valence-corrected chi connectivity index (χ4v) is 1.44. The Morgan fingerprint density at radius 3 is 2.47 bits per heavy atom. The highest BCUT2D eigenvalue weighted by atomic mass is 79.9. The fraction of sp³-hybridized carbons (Fsp3) is 0.273. The van der Waals surface area contributed by atoms with Gasteiger partial charge >= 0.3 is 6.18 Å². The van der Waals surface area contributed by atoms with Crippen molar-refractivity contribution in [3.8, 4) is 0 Å². The Labute approximate surface area is 94.9 Å². The summed E-state index contributed by atoms with van der Waals surface area (Å²) in [4.78, 5) is 0. The summed E-state index contributed by atoms with van der Waals surface area (Å²) in [6, 6.07) is 5.55. The summed E-state index contributed by atoms with van der Waals surface area (Å²) >= 11 is 3.21. The standard InChI is InChI=1S/C11H10BrF3/c12-8-4-3-6-9-5-1-2-7-10(9)11(13,14)15/h1-3,5-7H,4,8H2. The molecule has 1 aromatic carbocycles. The normalized spacial score (nSPS) is 12.3. The quantitative estimate of drug-likeness (QED) is 0.714. The second kappa shape index (κ2) is 5.35. The van der Waals surface area contributed by atoms with E-state index in [-0.39, 0.29) is 5.56 Å². The third-order valence-electron chi connectivity index (χ3n) is 1.84. The molecule has 0 saturated heterocycles. The van der Waals surface area contributed by atoms with Crippen molar-refractivity contribution >= 4 is 22.0 Å². The molecule has 0 radical (unpaired) electrons. The van der Waals surface area contributed by atoms with E-state index in [0.29, 0.717) is 6.42 Å². The number of hydrogen-bond acceptors (Lipinski definition) is 0. The van der Waals surface area contributed by atoms with Crippen LogP contribution in [0, 0.1) is 0 Å². The molecule has 4 heteroatoms. The third-order valence-corrected chi connectivity index (χ3v) is 2.30. The first-order valence-electron chi connectivity index (χ1n) is 4.44. The second-order valence-electron chi connectivity index (χ2n) is 2.97. The van der Waals surface area contributed by atoms with Gasteiger partial charge in [0.2, 0.25) is 0 Å². The molecule has 0 unspecified atom stereocenters. The van der Waals surface area contributed by atoms with Crippen LogP contribution >= 0.6 is 15.9 Å². The lowest BCUT2D eigenvalue weighted by molar-refractivity contribution is -0.137. The maximum absolute atomic E-state index is 12.5. The molecule has 0 nitrogen and oxygen atoms in total. The Balaban J connectivity index is 2.97. The van der Waals surface area contributed by atoms with Crippen molar-refractivity contribution in [2.45, 2.75) is 12.6 Å². The van der Waals surface area contributed by atoms with Crippen molar-refractivity contribution in [1.29, 1.82) is 0 Å². The van der Waals surface area contributed by atoms with Crippen LogP contribution < -0.4 is 0 Å². The van der Waals surface area contributed by atoms with Gasteiger partial charge in [-0.2, -0.15) is 13.2 Å². The first-order valence-corrected chi connectivity index (χ1v) is 5.56. The molecule has 0 amide bonds. The average Bonchev–Trinajstić information content (AvgIpc) is 2.17. The van der Waals surface area contributed by atoms with Gasteiger partial charge in [0.15, 0.2) is 0 Å². The molecule has 0 aromatic heterocycles. The summed E-state index contributed by atoms with van der Waals surface area (Å²) in [5.41, 5.74) is -0.373. The van der Waals surface area contributed by atoms with Gasteiger partial charge in [0.25, 0.3) is 0 Å². The summed E-state index contributed by atoms with van der Waals surface area (Å²) in [6.45, 7) is 0. The van der Waals surface area contributed by atoms with E-state index in [2.05, 4.69) is 15.9 Å². The minimum atomic E-state index is -4.28. The highest BCUT2D eigenvalue weighted by Gasteiger charge is 2.32. The lowest BCUT2D eigenvalue weighted by atomic mass is 10.1. The smallest absolute Gasteiger partial charge is 0.166 e. The van der Waals surface area contributed by atoms with Crippen molar-refractivity contribution in [1.82, 2.24) is 0 Å². The van der Waals surface area contributed by atoms with Crippen molar-refractivity contribution in [2.75, 3.05) is 5.33 Å². The molecule has 0 saturated carbocycles. The van der Waals surface area contributed by atoms with Gasteiger partial charge in [0.05, 0.1) is 5.56 Å². The predicted octanol–water partition coefficient (Wildman–Crippen LogP) is 4.50. The molecule has 0 aliphatic rings. The SMILES string of the molecule is FC(F)(F)c1ccccc1C=CCCBr. The van der Waals surface area contributed by atoms with Crippen LogP contribution in [0.1, 0.15) is 17.5 Å². The van der Waals surface area contributed by atoms with Crippen molar-refractivity contribution < 1.29 is 13.2 Å². The van der Waals surface area contributed by atoms with E-state index in [9.17, 15) is 13.2 Å². The van der Waals surface area contributed by atoms with Gasteiger partial charge in [-0.3, -0.25) is 0 Å². The first kappa shape index (κ1) is 12.3. The molecule has 1 rings (SSSR count). The van der Waals surface area contributed by atoms with Gasteiger partial charge in [-0.15, -0.1) is 0 Å². The van der Waals surface area contributed by atoms with Gasteiger partial charge in [-0.05, 0) is 18.1 Å². The van der Waals surface area contributed by atoms with E-state index in [4.69, 9.17) is 0 Å². The van der Waals surface area contributed by atoms with Gasteiger partial charge in [0, 0.05) is 5.33 Å². The largest absolute Gasteiger partial charge is 0.416 e. The van der Waals surface area contributed by atoms with Crippen LogP contribution in [0.2, 0.25) is 0 Å². The van der Waals surface area contributed by atoms with E-state index in [0.717, 1.165) is 11.4 Å². The van der Waals surface area contributed by atoms with Crippen molar-refractivity contribution in [3.05, 3.63) is 41.5 Å². The van der Waals surface area contributed by atoms with E-state index < -0.39 is 11.7 Å². The zero-order valence-electron chi connectivity index (χ0n) is 7.89. The van der Waals surface area contributed by atoms with Crippen LogP contribution in [0.15, 0.2) is 30.3 Å². The van der Waals surface area contributed by atoms with Gasteiger partial charge in [-0.25, -0.2) is 0 Å². The summed E-state index contributed by atoms with van der Waals surface area (Å²) in [5.74, 6) is 0. The Kier molecular flexibility index (Phi) is 4.39. The lowest BCUT2D eigenvalue weighted by Gasteiger charge is -2.09. The fourth-order valence-electron chi connectivity index (χ4n) is 1.17. The second-order valence-corrected chi connectivity index (χ2v) is 3.76. The zero-order valence-corrected chi connectivity index (χ0v) is 9.48. The summed E-state index contributed by atoms with van der Waals surface area (Å²) in [6.07, 6.45) is -0.342. The molecule has 0 fully saturated rings. The Morgan fingerprint density at radius 2 is 1.87 bits per heavy atom. The van der Waals surface area contributed by atoms with E-state index in [1.165, 1.54) is 18.2 Å². The molecular formula is C11H10BrF3. The number of rotatable bonds is 3. The minimum absolute atomic E-state index is 0.214. The van der Waals surface area contributed by atoms with E-state index >= 15 is 0 Å². The Hall–Kier alpha value is -0.770.